The van der Waals surface area contributed by atoms with Gasteiger partial charge in [-0.05, 0) is 20.8 Å². The number of ether oxygens (including phenoxy) is 1. The highest BCUT2D eigenvalue weighted by Gasteiger charge is 2.07. The number of rotatable bonds is 3. The summed E-state index contributed by atoms with van der Waals surface area (Å²) >= 11 is 3.02. The van der Waals surface area contributed by atoms with Crippen LogP contribution >= 0.6 is 15.9 Å². The monoisotopic (exact) mass is 272 g/mol. The van der Waals surface area contributed by atoms with Crippen LogP contribution in [0, 0.1) is 20.8 Å². The molecule has 0 fully saturated rings. The molecule has 0 saturated carbocycles. The van der Waals surface area contributed by atoms with Crippen LogP contribution in [0.4, 0.5) is 0 Å². The molecule has 1 aromatic rings. The summed E-state index contributed by atoms with van der Waals surface area (Å²) in [7, 11) is 0. The second kappa shape index (κ2) is 5.21. The van der Waals surface area contributed by atoms with E-state index in [0.29, 0.717) is 5.69 Å². The van der Waals surface area contributed by atoms with Crippen molar-refractivity contribution in [2.45, 2.75) is 27.4 Å². The molecule has 0 amide bonds. The van der Waals surface area contributed by atoms with E-state index in [-0.39, 0.29) is 17.9 Å². The molecule has 1 rings (SSSR count). The number of alkyl halides is 1. The molecule has 0 N–H and O–H groups in total. The van der Waals surface area contributed by atoms with Gasteiger partial charge in [-0.15, -0.1) is 0 Å². The molecule has 0 aliphatic carbocycles. The van der Waals surface area contributed by atoms with Crippen molar-refractivity contribution in [3.63, 3.8) is 0 Å². The fourth-order valence-electron chi connectivity index (χ4n) is 1.09. The molecular weight excluding hydrogens is 260 g/mol. The maximum atomic E-state index is 10.9. The van der Waals surface area contributed by atoms with Gasteiger partial charge < -0.3 is 4.74 Å². The van der Waals surface area contributed by atoms with Crippen molar-refractivity contribution in [2.75, 3.05) is 5.33 Å². The second-order valence-corrected chi connectivity index (χ2v) is 3.78. The number of aryl methyl sites for hydroxylation is 3. The summed E-state index contributed by atoms with van der Waals surface area (Å²) in [5, 5.41) is 0.199. The van der Waals surface area contributed by atoms with Crippen LogP contribution in [-0.2, 0) is 16.1 Å². The Bertz CT molecular complexity index is 380. The van der Waals surface area contributed by atoms with E-state index in [9.17, 15) is 4.79 Å². The van der Waals surface area contributed by atoms with Crippen LogP contribution in [-0.4, -0.2) is 21.3 Å². The maximum absolute atomic E-state index is 10.9. The Balaban J connectivity index is 2.77. The predicted octanol–water partition coefficient (Wildman–Crippen LogP) is 1.84. The third kappa shape index (κ3) is 3.27. The molecule has 0 atom stereocenters. The minimum atomic E-state index is -0.297. The van der Waals surface area contributed by atoms with E-state index >= 15 is 0 Å². The van der Waals surface area contributed by atoms with E-state index in [1.54, 1.807) is 0 Å². The molecule has 82 valence electrons. The summed E-state index contributed by atoms with van der Waals surface area (Å²) in [6.45, 7) is 5.84. The molecule has 0 spiro atoms. The van der Waals surface area contributed by atoms with Gasteiger partial charge >= 0.3 is 5.97 Å². The smallest absolute Gasteiger partial charge is 0.316 e. The van der Waals surface area contributed by atoms with Crippen molar-refractivity contribution in [3.8, 4) is 0 Å². The molecule has 4 nitrogen and oxygen atoms in total. The quantitative estimate of drug-likeness (QED) is 0.623. The van der Waals surface area contributed by atoms with Gasteiger partial charge in [-0.25, -0.2) is 0 Å². The summed E-state index contributed by atoms with van der Waals surface area (Å²) in [5.41, 5.74) is 3.29. The molecule has 5 heteroatoms. The zero-order chi connectivity index (χ0) is 11.4. The lowest BCUT2D eigenvalue weighted by Crippen LogP contribution is -2.09. The van der Waals surface area contributed by atoms with Crippen molar-refractivity contribution in [3.05, 3.63) is 22.8 Å². The van der Waals surface area contributed by atoms with Gasteiger partial charge in [-0.2, -0.15) is 0 Å². The largest absolute Gasteiger partial charge is 0.458 e. The molecule has 0 aromatic carbocycles. The lowest BCUT2D eigenvalue weighted by atomic mass is 10.3. The number of hydrogen-bond acceptors (Lipinski definition) is 4. The Morgan fingerprint density at radius 3 is 2.40 bits per heavy atom. The van der Waals surface area contributed by atoms with Crippen LogP contribution < -0.4 is 0 Å². The first-order chi connectivity index (χ1) is 7.04. The van der Waals surface area contributed by atoms with Gasteiger partial charge in [-0.1, -0.05) is 15.9 Å². The molecular formula is C10H13BrN2O2. The first-order valence-corrected chi connectivity index (χ1v) is 5.69. The molecule has 0 unspecified atom stereocenters. The van der Waals surface area contributed by atoms with Crippen molar-refractivity contribution in [1.82, 2.24) is 9.97 Å². The van der Waals surface area contributed by atoms with Crippen molar-refractivity contribution in [2.24, 2.45) is 0 Å². The third-order valence-electron chi connectivity index (χ3n) is 2.06. The third-order valence-corrected chi connectivity index (χ3v) is 2.52. The Morgan fingerprint density at radius 1 is 1.20 bits per heavy atom. The molecule has 1 heterocycles. The summed E-state index contributed by atoms with van der Waals surface area (Å²) < 4.78 is 4.96. The van der Waals surface area contributed by atoms with Gasteiger partial charge in [0.15, 0.2) is 0 Å². The fourth-order valence-corrected chi connectivity index (χ4v) is 1.25. The van der Waals surface area contributed by atoms with Crippen LogP contribution in [0.15, 0.2) is 0 Å². The summed E-state index contributed by atoms with van der Waals surface area (Å²) in [6, 6.07) is 0. The van der Waals surface area contributed by atoms with Gasteiger partial charge in [0.1, 0.15) is 11.9 Å². The molecule has 0 bridgehead atoms. The topological polar surface area (TPSA) is 52.1 Å². The zero-order valence-corrected chi connectivity index (χ0v) is 10.6. The number of hydrogen-bond donors (Lipinski definition) is 0. The highest BCUT2D eigenvalue weighted by atomic mass is 79.9. The minimum Gasteiger partial charge on any atom is -0.458 e. The SMILES string of the molecule is Cc1nc(C)c(COC(=O)CBr)nc1C. The van der Waals surface area contributed by atoms with E-state index in [2.05, 4.69) is 25.9 Å². The van der Waals surface area contributed by atoms with E-state index < -0.39 is 0 Å². The van der Waals surface area contributed by atoms with Crippen LogP contribution in [0.2, 0.25) is 0 Å². The van der Waals surface area contributed by atoms with Gasteiger partial charge in [0.25, 0.3) is 0 Å². The van der Waals surface area contributed by atoms with E-state index in [1.807, 2.05) is 20.8 Å². The number of nitrogens with zero attached hydrogens (tertiary/aromatic N) is 2. The van der Waals surface area contributed by atoms with E-state index in [1.165, 1.54) is 0 Å². The molecule has 15 heavy (non-hydrogen) atoms. The van der Waals surface area contributed by atoms with E-state index in [4.69, 9.17) is 4.74 Å². The highest BCUT2D eigenvalue weighted by molar-refractivity contribution is 9.09. The second-order valence-electron chi connectivity index (χ2n) is 3.22. The summed E-state index contributed by atoms with van der Waals surface area (Å²) in [4.78, 5) is 19.6. The number of aromatic nitrogens is 2. The Kier molecular flexibility index (Phi) is 4.20. The molecule has 0 aliphatic heterocycles. The van der Waals surface area contributed by atoms with Crippen LogP contribution in [0.3, 0.4) is 0 Å². The minimum absolute atomic E-state index is 0.185. The number of halogens is 1. The highest BCUT2D eigenvalue weighted by Crippen LogP contribution is 2.08. The summed E-state index contributed by atoms with van der Waals surface area (Å²) in [5.74, 6) is -0.297. The molecule has 0 saturated heterocycles. The van der Waals surface area contributed by atoms with Gasteiger partial charge in [0.2, 0.25) is 0 Å². The molecule has 0 radical (unpaired) electrons. The van der Waals surface area contributed by atoms with Crippen molar-refractivity contribution in [1.29, 1.82) is 0 Å². The lowest BCUT2D eigenvalue weighted by molar-refractivity contribution is -0.141. The fraction of sp³-hybridized carbons (Fsp3) is 0.500. The first kappa shape index (κ1) is 12.1. The Labute approximate surface area is 97.2 Å². The predicted molar refractivity (Wildman–Crippen MR) is 59.8 cm³/mol. The normalized spacial score (nSPS) is 10.1. The van der Waals surface area contributed by atoms with Gasteiger partial charge in [0.05, 0.1) is 22.8 Å². The number of carbonyl (C=O) groups excluding carboxylic acids is 1. The summed E-state index contributed by atoms with van der Waals surface area (Å²) in [6.07, 6.45) is 0. The average Bonchev–Trinajstić information content (AvgIpc) is 2.21. The lowest BCUT2D eigenvalue weighted by Gasteiger charge is -2.07. The van der Waals surface area contributed by atoms with Gasteiger partial charge in [-0.3, -0.25) is 14.8 Å². The number of esters is 1. The standard InChI is InChI=1S/C10H13BrN2O2/c1-6-7(2)13-9(8(3)12-6)5-15-10(14)4-11/h4-5H2,1-3H3. The zero-order valence-electron chi connectivity index (χ0n) is 9.00. The molecule has 0 aliphatic rings. The van der Waals surface area contributed by atoms with Crippen LogP contribution in [0.1, 0.15) is 22.8 Å². The average molecular weight is 273 g/mol. The number of carbonyl (C=O) groups is 1. The molecule has 1 aromatic heterocycles. The van der Waals surface area contributed by atoms with Gasteiger partial charge in [0, 0.05) is 0 Å². The maximum Gasteiger partial charge on any atom is 0.316 e. The van der Waals surface area contributed by atoms with Crippen LogP contribution in [0.25, 0.3) is 0 Å². The van der Waals surface area contributed by atoms with Crippen molar-refractivity contribution >= 4 is 21.9 Å². The van der Waals surface area contributed by atoms with Crippen LogP contribution in [0.5, 0.6) is 0 Å². The Hall–Kier alpha value is -0.970. The first-order valence-electron chi connectivity index (χ1n) is 4.57. The Morgan fingerprint density at radius 2 is 1.80 bits per heavy atom. The van der Waals surface area contributed by atoms with E-state index in [0.717, 1.165) is 17.1 Å². The van der Waals surface area contributed by atoms with Crippen molar-refractivity contribution < 1.29 is 9.53 Å².